The largest absolute Gasteiger partial charge is 0.381 e. The highest BCUT2D eigenvalue weighted by Crippen LogP contribution is 2.42. The van der Waals surface area contributed by atoms with Gasteiger partial charge in [0.15, 0.2) is 0 Å². The molecule has 0 aliphatic carbocycles. The molecule has 0 radical (unpaired) electrons. The molecule has 0 fully saturated rings. The Morgan fingerprint density at radius 2 is 1.77 bits per heavy atom. The zero-order valence-corrected chi connectivity index (χ0v) is 12.0. The predicted molar refractivity (Wildman–Crippen MR) is 83.0 cm³/mol. The van der Waals surface area contributed by atoms with E-state index in [4.69, 9.17) is 0 Å². The Hall–Kier alpha value is -2.49. The molecule has 110 valence electrons. The fourth-order valence-corrected chi connectivity index (χ4v) is 3.17. The number of nitrogens with one attached hydrogen (secondary N) is 1. The number of aromatic nitrogens is 1. The maximum absolute atomic E-state index is 14.0. The van der Waals surface area contributed by atoms with E-state index in [1.54, 1.807) is 12.1 Å². The van der Waals surface area contributed by atoms with Crippen LogP contribution in [0.1, 0.15) is 18.2 Å². The topological polar surface area (TPSA) is 24.9 Å². The Kier molecular flexibility index (Phi) is 2.70. The van der Waals surface area contributed by atoms with Gasteiger partial charge in [-0.05, 0) is 30.7 Å². The Balaban J connectivity index is 1.93. The summed E-state index contributed by atoms with van der Waals surface area (Å²) < 4.78 is 27.9. The van der Waals surface area contributed by atoms with Crippen molar-refractivity contribution in [1.82, 2.24) is 4.98 Å². The van der Waals surface area contributed by atoms with Gasteiger partial charge in [0.2, 0.25) is 0 Å². The second-order valence-electron chi connectivity index (χ2n) is 5.86. The summed E-state index contributed by atoms with van der Waals surface area (Å²) in [6.07, 6.45) is 0. The summed E-state index contributed by atoms with van der Waals surface area (Å²) in [7, 11) is 0. The minimum Gasteiger partial charge on any atom is -0.381 e. The molecule has 0 saturated heterocycles. The molecule has 0 saturated carbocycles. The maximum atomic E-state index is 14.0. The van der Waals surface area contributed by atoms with Crippen LogP contribution in [0.3, 0.4) is 0 Å². The third-order valence-corrected chi connectivity index (χ3v) is 4.46. The van der Waals surface area contributed by atoms with Gasteiger partial charge in [0, 0.05) is 11.9 Å². The van der Waals surface area contributed by atoms with Gasteiger partial charge in [0.1, 0.15) is 17.2 Å². The SMILES string of the molecule is CC1(c2ccc3cccc(F)c3n2)CNc2c(F)cccc21. The van der Waals surface area contributed by atoms with Crippen LogP contribution in [0, 0.1) is 11.6 Å². The van der Waals surface area contributed by atoms with E-state index < -0.39 is 5.41 Å². The Labute approximate surface area is 126 Å². The highest BCUT2D eigenvalue weighted by molar-refractivity contribution is 5.79. The molecule has 0 bridgehead atoms. The van der Waals surface area contributed by atoms with Gasteiger partial charge in [-0.1, -0.05) is 30.3 Å². The van der Waals surface area contributed by atoms with Crippen molar-refractivity contribution >= 4 is 16.6 Å². The highest BCUT2D eigenvalue weighted by Gasteiger charge is 2.38. The summed E-state index contributed by atoms with van der Waals surface area (Å²) in [6.45, 7) is 2.54. The number of benzene rings is 2. The van der Waals surface area contributed by atoms with Crippen LogP contribution in [0.5, 0.6) is 0 Å². The van der Waals surface area contributed by atoms with Crippen molar-refractivity contribution in [1.29, 1.82) is 0 Å². The molecule has 22 heavy (non-hydrogen) atoms. The van der Waals surface area contributed by atoms with Crippen molar-refractivity contribution < 1.29 is 8.78 Å². The van der Waals surface area contributed by atoms with E-state index in [-0.39, 0.29) is 11.6 Å². The van der Waals surface area contributed by atoms with Crippen LogP contribution in [0.15, 0.2) is 48.5 Å². The molecule has 4 heteroatoms. The van der Waals surface area contributed by atoms with Crippen molar-refractivity contribution in [3.05, 3.63) is 71.4 Å². The molecule has 1 unspecified atom stereocenters. The first-order valence-corrected chi connectivity index (χ1v) is 7.18. The van der Waals surface area contributed by atoms with Crippen molar-refractivity contribution in [2.75, 3.05) is 11.9 Å². The van der Waals surface area contributed by atoms with Gasteiger partial charge < -0.3 is 5.32 Å². The molecule has 4 rings (SSSR count). The van der Waals surface area contributed by atoms with Crippen LogP contribution < -0.4 is 5.32 Å². The number of hydrogen-bond donors (Lipinski definition) is 1. The van der Waals surface area contributed by atoms with Gasteiger partial charge >= 0.3 is 0 Å². The lowest BCUT2D eigenvalue weighted by molar-refractivity contribution is 0.605. The van der Waals surface area contributed by atoms with Crippen molar-refractivity contribution in [3.63, 3.8) is 0 Å². The van der Waals surface area contributed by atoms with Gasteiger partial charge in [0.05, 0.1) is 16.8 Å². The molecule has 2 heterocycles. The van der Waals surface area contributed by atoms with E-state index in [1.807, 2.05) is 31.2 Å². The van der Waals surface area contributed by atoms with E-state index in [0.29, 0.717) is 17.7 Å². The number of hydrogen-bond acceptors (Lipinski definition) is 2. The lowest BCUT2D eigenvalue weighted by Crippen LogP contribution is -2.27. The Bertz CT molecular complexity index is 891. The number of pyridine rings is 1. The average Bonchev–Trinajstić information content (AvgIpc) is 2.88. The Morgan fingerprint density at radius 1 is 1.00 bits per heavy atom. The van der Waals surface area contributed by atoms with E-state index in [1.165, 1.54) is 12.1 Å². The van der Waals surface area contributed by atoms with Crippen LogP contribution in [-0.2, 0) is 5.41 Å². The monoisotopic (exact) mass is 296 g/mol. The minimum absolute atomic E-state index is 0.270. The number of para-hydroxylation sites is 2. The molecule has 1 aliphatic heterocycles. The van der Waals surface area contributed by atoms with Gasteiger partial charge in [-0.15, -0.1) is 0 Å². The van der Waals surface area contributed by atoms with E-state index in [9.17, 15) is 8.78 Å². The number of halogens is 2. The molecule has 2 aromatic carbocycles. The molecule has 1 aromatic heterocycles. The van der Waals surface area contributed by atoms with Crippen LogP contribution in [0.25, 0.3) is 10.9 Å². The molecule has 2 nitrogen and oxygen atoms in total. The zero-order chi connectivity index (χ0) is 15.3. The molecule has 3 aromatic rings. The van der Waals surface area contributed by atoms with Crippen LogP contribution in [-0.4, -0.2) is 11.5 Å². The number of nitrogens with zero attached hydrogens (tertiary/aromatic N) is 1. The fourth-order valence-electron chi connectivity index (χ4n) is 3.17. The molecule has 1 N–H and O–H groups in total. The van der Waals surface area contributed by atoms with Gasteiger partial charge in [-0.2, -0.15) is 0 Å². The van der Waals surface area contributed by atoms with Gasteiger partial charge in [0.25, 0.3) is 0 Å². The lowest BCUT2D eigenvalue weighted by Gasteiger charge is -2.24. The average molecular weight is 296 g/mol. The first-order valence-electron chi connectivity index (χ1n) is 7.18. The standard InChI is InChI=1S/C18H14F2N2/c1-18(10-21-17-12(18)5-3-7-14(17)20)15-9-8-11-4-2-6-13(19)16(11)22-15/h2-9,21H,10H2,1H3. The predicted octanol–water partition coefficient (Wildman–Crippen LogP) is 4.24. The lowest BCUT2D eigenvalue weighted by atomic mass is 9.81. The van der Waals surface area contributed by atoms with Gasteiger partial charge in [-0.3, -0.25) is 0 Å². The first kappa shape index (κ1) is 13.2. The van der Waals surface area contributed by atoms with Crippen LogP contribution in [0.4, 0.5) is 14.5 Å². The van der Waals surface area contributed by atoms with E-state index >= 15 is 0 Å². The molecule has 1 atom stereocenters. The van der Waals surface area contributed by atoms with Crippen molar-refractivity contribution in [3.8, 4) is 0 Å². The van der Waals surface area contributed by atoms with Gasteiger partial charge in [-0.25, -0.2) is 13.8 Å². The molecule has 1 aliphatic rings. The fraction of sp³-hybridized carbons (Fsp3) is 0.167. The number of rotatable bonds is 1. The number of anilines is 1. The molecular weight excluding hydrogens is 282 g/mol. The third-order valence-electron chi connectivity index (χ3n) is 4.46. The summed E-state index contributed by atoms with van der Waals surface area (Å²) in [4.78, 5) is 4.52. The molecule has 0 spiro atoms. The Morgan fingerprint density at radius 3 is 2.64 bits per heavy atom. The summed E-state index contributed by atoms with van der Waals surface area (Å²) in [5, 5.41) is 3.87. The summed E-state index contributed by atoms with van der Waals surface area (Å²) >= 11 is 0. The smallest absolute Gasteiger partial charge is 0.149 e. The third kappa shape index (κ3) is 1.73. The number of fused-ring (bicyclic) bond motifs is 2. The molecule has 0 amide bonds. The second-order valence-corrected chi connectivity index (χ2v) is 5.86. The quantitative estimate of drug-likeness (QED) is 0.726. The van der Waals surface area contributed by atoms with Crippen LogP contribution in [0.2, 0.25) is 0 Å². The maximum Gasteiger partial charge on any atom is 0.149 e. The van der Waals surface area contributed by atoms with E-state index in [0.717, 1.165) is 16.6 Å². The van der Waals surface area contributed by atoms with Crippen LogP contribution >= 0.6 is 0 Å². The second kappa shape index (κ2) is 4.50. The van der Waals surface area contributed by atoms with Crippen molar-refractivity contribution in [2.45, 2.75) is 12.3 Å². The first-order chi connectivity index (χ1) is 10.6. The van der Waals surface area contributed by atoms with E-state index in [2.05, 4.69) is 10.3 Å². The minimum atomic E-state index is -0.478. The molecular formula is C18H14F2N2. The summed E-state index contributed by atoms with van der Waals surface area (Å²) in [5.41, 5.74) is 1.98. The van der Waals surface area contributed by atoms with Crippen molar-refractivity contribution in [2.24, 2.45) is 0 Å². The normalized spacial score (nSPS) is 20.0. The summed E-state index contributed by atoms with van der Waals surface area (Å²) in [5.74, 6) is -0.610. The highest BCUT2D eigenvalue weighted by atomic mass is 19.1. The summed E-state index contributed by atoms with van der Waals surface area (Å²) in [6, 6.07) is 13.7. The zero-order valence-electron chi connectivity index (χ0n) is 12.0.